The summed E-state index contributed by atoms with van der Waals surface area (Å²) in [6, 6.07) is 13.0. The highest BCUT2D eigenvalue weighted by atomic mass is 19.1. The van der Waals surface area contributed by atoms with Gasteiger partial charge in [0.2, 0.25) is 0 Å². The summed E-state index contributed by atoms with van der Waals surface area (Å²) in [4.78, 5) is 24.3. The summed E-state index contributed by atoms with van der Waals surface area (Å²) in [7, 11) is 0. The summed E-state index contributed by atoms with van der Waals surface area (Å²) in [6.07, 6.45) is 5.35. The van der Waals surface area contributed by atoms with Crippen molar-refractivity contribution in [2.75, 3.05) is 5.32 Å². The molecular weight excluding hydrogens is 474 g/mol. The summed E-state index contributed by atoms with van der Waals surface area (Å²) >= 11 is 0. The maximum atomic E-state index is 14.4. The quantitative estimate of drug-likeness (QED) is 0.319. The molecule has 3 N–H and O–H groups in total. The van der Waals surface area contributed by atoms with Crippen molar-refractivity contribution < 1.29 is 18.7 Å². The van der Waals surface area contributed by atoms with Crippen LogP contribution in [0, 0.1) is 41.2 Å². The minimum atomic E-state index is -0.798. The van der Waals surface area contributed by atoms with Gasteiger partial charge >= 0.3 is 5.97 Å². The number of H-pyrrole nitrogens is 1. The molecule has 0 spiro atoms. The molecule has 8 heteroatoms. The van der Waals surface area contributed by atoms with Crippen LogP contribution in [0.4, 0.5) is 14.6 Å². The molecule has 0 radical (unpaired) electrons. The molecule has 2 aromatic carbocycles. The van der Waals surface area contributed by atoms with Gasteiger partial charge in [-0.25, -0.2) is 18.7 Å². The summed E-state index contributed by atoms with van der Waals surface area (Å²) < 4.78 is 28.4. The average Bonchev–Trinajstić information content (AvgIpc) is 3.33. The van der Waals surface area contributed by atoms with Crippen LogP contribution in [0.1, 0.15) is 36.9 Å². The van der Waals surface area contributed by atoms with E-state index in [0.717, 1.165) is 37.3 Å². The molecule has 2 heterocycles. The van der Waals surface area contributed by atoms with E-state index in [2.05, 4.69) is 32.1 Å². The summed E-state index contributed by atoms with van der Waals surface area (Å²) in [5.41, 5.74) is 1.81. The first kappa shape index (κ1) is 23.2. The molecule has 2 aromatic heterocycles. The van der Waals surface area contributed by atoms with Crippen LogP contribution < -0.4 is 5.32 Å². The number of aromatic nitrogens is 3. The van der Waals surface area contributed by atoms with Crippen LogP contribution in [-0.2, 0) is 4.79 Å². The summed E-state index contributed by atoms with van der Waals surface area (Å²) in [6.45, 7) is 0. The first-order valence-electron chi connectivity index (χ1n) is 12.4. The van der Waals surface area contributed by atoms with Crippen molar-refractivity contribution in [3.8, 4) is 23.2 Å². The van der Waals surface area contributed by atoms with Crippen molar-refractivity contribution in [2.24, 2.45) is 17.8 Å². The van der Waals surface area contributed by atoms with E-state index in [9.17, 15) is 18.7 Å². The van der Waals surface area contributed by atoms with Gasteiger partial charge in [-0.3, -0.25) is 4.79 Å². The number of carboxylic acid groups (broad SMARTS) is 1. The topological polar surface area (TPSA) is 90.9 Å². The molecule has 0 aliphatic heterocycles. The van der Waals surface area contributed by atoms with Crippen LogP contribution >= 0.6 is 0 Å². The number of benzene rings is 2. The summed E-state index contributed by atoms with van der Waals surface area (Å²) in [5.74, 6) is 4.50. The normalized spacial score (nSPS) is 22.4. The molecule has 3 aliphatic carbocycles. The van der Waals surface area contributed by atoms with E-state index in [-0.39, 0.29) is 29.2 Å². The van der Waals surface area contributed by atoms with Crippen molar-refractivity contribution in [1.82, 2.24) is 15.0 Å². The standard InChI is InChI=1S/C29H24F2N4O2/c30-19-12-21-22(15-32-27(21)23(31)13-19)28-33-20(11-6-16-4-2-1-3-5-16)14-24(35-28)34-26-18-9-7-17(8-10-18)25(26)29(36)37/h1-5,12-15,17-18,25-26,32H,7-10H2,(H,36,37)(H,33,34,35). The Balaban J connectivity index is 1.44. The van der Waals surface area contributed by atoms with E-state index in [1.165, 1.54) is 6.07 Å². The van der Waals surface area contributed by atoms with Gasteiger partial charge in [0, 0.05) is 40.9 Å². The number of fused-ring (bicyclic) bond motifs is 4. The number of hydrogen-bond acceptors (Lipinski definition) is 4. The number of hydrogen-bond donors (Lipinski definition) is 3. The van der Waals surface area contributed by atoms with Gasteiger partial charge in [-0.15, -0.1) is 0 Å². The van der Waals surface area contributed by atoms with Crippen LogP contribution in [0.3, 0.4) is 0 Å². The van der Waals surface area contributed by atoms with Crippen LogP contribution in [0.25, 0.3) is 22.3 Å². The Morgan fingerprint density at radius 3 is 2.51 bits per heavy atom. The molecule has 0 saturated heterocycles. The van der Waals surface area contributed by atoms with Crippen LogP contribution in [-0.4, -0.2) is 32.1 Å². The Bertz CT molecular complexity index is 1550. The SMILES string of the molecule is O=C(O)C1C2CCC(CC2)C1Nc1cc(C#Cc2ccccc2)nc(-c2c[nH]c3c(F)cc(F)cc23)n1. The van der Waals surface area contributed by atoms with E-state index >= 15 is 0 Å². The van der Waals surface area contributed by atoms with Crippen LogP contribution in [0.15, 0.2) is 54.7 Å². The molecule has 186 valence electrons. The number of aliphatic carboxylic acids is 1. The zero-order valence-electron chi connectivity index (χ0n) is 19.8. The van der Waals surface area contributed by atoms with E-state index in [1.807, 2.05) is 30.3 Å². The Labute approximate surface area is 212 Å². The largest absolute Gasteiger partial charge is 0.481 e. The third kappa shape index (κ3) is 4.42. The lowest BCUT2D eigenvalue weighted by molar-refractivity contribution is -0.148. The molecule has 6 nitrogen and oxygen atoms in total. The molecule has 2 bridgehead atoms. The lowest BCUT2D eigenvalue weighted by atomic mass is 9.61. The first-order chi connectivity index (χ1) is 18.0. The predicted molar refractivity (Wildman–Crippen MR) is 136 cm³/mol. The number of nitrogens with one attached hydrogen (secondary N) is 2. The van der Waals surface area contributed by atoms with Gasteiger partial charge in [-0.2, -0.15) is 0 Å². The lowest BCUT2D eigenvalue weighted by Gasteiger charge is -2.47. The van der Waals surface area contributed by atoms with Crippen molar-refractivity contribution in [1.29, 1.82) is 0 Å². The molecule has 3 saturated carbocycles. The Kier molecular flexibility index (Phi) is 5.84. The van der Waals surface area contributed by atoms with E-state index in [0.29, 0.717) is 22.5 Å². The van der Waals surface area contributed by atoms with E-state index in [4.69, 9.17) is 0 Å². The van der Waals surface area contributed by atoms with Crippen molar-refractivity contribution in [3.63, 3.8) is 0 Å². The van der Waals surface area contributed by atoms with Gasteiger partial charge in [0.05, 0.1) is 11.4 Å². The molecule has 3 fully saturated rings. The number of carboxylic acids is 1. The van der Waals surface area contributed by atoms with Gasteiger partial charge in [0.15, 0.2) is 5.82 Å². The van der Waals surface area contributed by atoms with Crippen LogP contribution in [0.5, 0.6) is 0 Å². The maximum Gasteiger partial charge on any atom is 0.308 e. The van der Waals surface area contributed by atoms with E-state index in [1.54, 1.807) is 12.3 Å². The highest BCUT2D eigenvalue weighted by Gasteiger charge is 2.47. The molecule has 37 heavy (non-hydrogen) atoms. The molecular formula is C29H24F2N4O2. The second-order valence-corrected chi connectivity index (χ2v) is 9.80. The highest BCUT2D eigenvalue weighted by molar-refractivity contribution is 5.94. The number of anilines is 1. The first-order valence-corrected chi connectivity index (χ1v) is 12.4. The number of aromatic amines is 1. The Hall–Kier alpha value is -4.25. The van der Waals surface area contributed by atoms with Gasteiger partial charge in [0.1, 0.15) is 23.1 Å². The summed E-state index contributed by atoms with van der Waals surface area (Å²) in [5, 5.41) is 13.7. The Morgan fingerprint density at radius 1 is 1.00 bits per heavy atom. The van der Waals surface area contributed by atoms with Crippen molar-refractivity contribution in [3.05, 3.63) is 77.6 Å². The molecule has 4 aromatic rings. The lowest BCUT2D eigenvalue weighted by Crippen LogP contribution is -2.51. The van der Waals surface area contributed by atoms with Crippen molar-refractivity contribution in [2.45, 2.75) is 31.7 Å². The third-order valence-electron chi connectivity index (χ3n) is 7.60. The predicted octanol–water partition coefficient (Wildman–Crippen LogP) is 5.60. The monoisotopic (exact) mass is 498 g/mol. The fraction of sp³-hybridized carbons (Fsp3) is 0.276. The van der Waals surface area contributed by atoms with Gasteiger partial charge in [-0.05, 0) is 61.6 Å². The molecule has 0 amide bonds. The molecule has 2 atom stereocenters. The molecule has 3 aliphatic rings. The van der Waals surface area contributed by atoms with Crippen LogP contribution in [0.2, 0.25) is 0 Å². The van der Waals surface area contributed by atoms with Gasteiger partial charge < -0.3 is 15.4 Å². The maximum absolute atomic E-state index is 14.4. The zero-order chi connectivity index (χ0) is 25.5. The number of halogens is 2. The highest BCUT2D eigenvalue weighted by Crippen LogP contribution is 2.46. The van der Waals surface area contributed by atoms with Gasteiger partial charge in [-0.1, -0.05) is 24.1 Å². The minimum Gasteiger partial charge on any atom is -0.481 e. The number of nitrogens with zero attached hydrogens (tertiary/aromatic N) is 2. The fourth-order valence-electron chi connectivity index (χ4n) is 5.89. The Morgan fingerprint density at radius 2 is 1.76 bits per heavy atom. The molecule has 7 rings (SSSR count). The number of carbonyl (C=O) groups is 1. The second kappa shape index (κ2) is 9.32. The fourth-order valence-corrected chi connectivity index (χ4v) is 5.89. The third-order valence-corrected chi connectivity index (χ3v) is 7.60. The molecule has 2 unspecified atom stereocenters. The zero-order valence-corrected chi connectivity index (χ0v) is 19.8. The smallest absolute Gasteiger partial charge is 0.308 e. The number of rotatable bonds is 4. The van der Waals surface area contributed by atoms with Gasteiger partial charge in [0.25, 0.3) is 0 Å². The second-order valence-electron chi connectivity index (χ2n) is 9.80. The minimum absolute atomic E-state index is 0.137. The average molecular weight is 499 g/mol. The van der Waals surface area contributed by atoms with E-state index < -0.39 is 23.5 Å². The van der Waals surface area contributed by atoms with Crippen molar-refractivity contribution >= 4 is 22.7 Å².